The van der Waals surface area contributed by atoms with Crippen molar-refractivity contribution in [3.63, 3.8) is 0 Å². The molecule has 1 unspecified atom stereocenters. The molecule has 0 bridgehead atoms. The number of nitrogens with two attached hydrogens (primary N) is 1. The first-order valence-corrected chi connectivity index (χ1v) is 5.81. The largest absolute Gasteiger partial charge is 0.358 e. The number of carbonyl (C=O) groups excluding carboxylic acids is 1. The molecule has 0 saturated carbocycles. The van der Waals surface area contributed by atoms with Gasteiger partial charge in [-0.05, 0) is 24.6 Å². The molecule has 1 aromatic rings. The number of hydrogen-bond acceptors (Lipinski definition) is 3. The molecule has 0 heterocycles. The van der Waals surface area contributed by atoms with Gasteiger partial charge in [0.25, 0.3) is 0 Å². The second-order valence-electron chi connectivity index (χ2n) is 3.32. The van der Waals surface area contributed by atoms with Gasteiger partial charge in [0.15, 0.2) is 0 Å². The van der Waals surface area contributed by atoms with E-state index in [9.17, 15) is 4.79 Å². The summed E-state index contributed by atoms with van der Waals surface area (Å²) in [6.45, 7) is 1.95. The van der Waals surface area contributed by atoms with Crippen molar-refractivity contribution in [1.29, 1.82) is 0 Å². The summed E-state index contributed by atoms with van der Waals surface area (Å²) in [5.74, 6) is 0.491. The van der Waals surface area contributed by atoms with Crippen LogP contribution in [0.15, 0.2) is 29.2 Å². The van der Waals surface area contributed by atoms with Crippen LogP contribution in [0.5, 0.6) is 0 Å². The Morgan fingerprint density at radius 2 is 2.07 bits per heavy atom. The van der Waals surface area contributed by atoms with Gasteiger partial charge >= 0.3 is 0 Å². The summed E-state index contributed by atoms with van der Waals surface area (Å²) in [6.07, 6.45) is 0. The van der Waals surface area contributed by atoms with E-state index in [0.717, 1.165) is 10.5 Å². The van der Waals surface area contributed by atoms with E-state index in [4.69, 9.17) is 5.73 Å². The summed E-state index contributed by atoms with van der Waals surface area (Å²) in [7, 11) is 1.64. The first kappa shape index (κ1) is 12.1. The van der Waals surface area contributed by atoms with Crippen LogP contribution in [-0.2, 0) is 4.79 Å². The minimum absolute atomic E-state index is 0.0382. The number of rotatable bonds is 4. The van der Waals surface area contributed by atoms with Crippen LogP contribution >= 0.6 is 11.8 Å². The average molecular weight is 224 g/mol. The molecule has 0 spiro atoms. The molecular weight excluding hydrogens is 208 g/mol. The lowest BCUT2D eigenvalue weighted by atomic mass is 10.1. The zero-order valence-corrected chi connectivity index (χ0v) is 9.80. The standard InChI is InChI=1S/C11H16N2OS/c1-8(12)9-3-5-10(6-4-9)15-7-11(14)13-2/h3-6,8H,7,12H2,1-2H3,(H,13,14). The molecule has 15 heavy (non-hydrogen) atoms. The first-order valence-electron chi connectivity index (χ1n) is 4.82. The highest BCUT2D eigenvalue weighted by molar-refractivity contribution is 8.00. The number of hydrogen-bond donors (Lipinski definition) is 2. The van der Waals surface area contributed by atoms with E-state index in [2.05, 4.69) is 5.32 Å². The third-order valence-electron chi connectivity index (χ3n) is 2.05. The molecule has 4 heteroatoms. The van der Waals surface area contributed by atoms with E-state index in [0.29, 0.717) is 5.75 Å². The van der Waals surface area contributed by atoms with Crippen molar-refractivity contribution in [2.45, 2.75) is 17.9 Å². The van der Waals surface area contributed by atoms with E-state index in [-0.39, 0.29) is 11.9 Å². The second kappa shape index (κ2) is 5.78. The van der Waals surface area contributed by atoms with Gasteiger partial charge in [-0.1, -0.05) is 12.1 Å². The monoisotopic (exact) mass is 224 g/mol. The molecule has 82 valence electrons. The van der Waals surface area contributed by atoms with Gasteiger partial charge in [0.1, 0.15) is 0 Å². The molecule has 1 amide bonds. The Balaban J connectivity index is 2.53. The molecule has 0 saturated heterocycles. The van der Waals surface area contributed by atoms with Gasteiger partial charge in [-0.15, -0.1) is 11.8 Å². The molecule has 3 N–H and O–H groups in total. The molecule has 0 fully saturated rings. The summed E-state index contributed by atoms with van der Waals surface area (Å²) in [5, 5.41) is 2.59. The van der Waals surface area contributed by atoms with Crippen molar-refractivity contribution in [1.82, 2.24) is 5.32 Å². The maximum atomic E-state index is 11.0. The van der Waals surface area contributed by atoms with Gasteiger partial charge in [-0.25, -0.2) is 0 Å². The van der Waals surface area contributed by atoms with Crippen LogP contribution in [0, 0.1) is 0 Å². The predicted molar refractivity (Wildman–Crippen MR) is 63.8 cm³/mol. The fraction of sp³-hybridized carbons (Fsp3) is 0.364. The Kier molecular flexibility index (Phi) is 4.65. The summed E-state index contributed by atoms with van der Waals surface area (Å²) in [6, 6.07) is 8.04. The van der Waals surface area contributed by atoms with E-state index in [1.165, 1.54) is 11.8 Å². The second-order valence-corrected chi connectivity index (χ2v) is 4.37. The minimum Gasteiger partial charge on any atom is -0.358 e. The highest BCUT2D eigenvalue weighted by Crippen LogP contribution is 2.19. The molecule has 1 aromatic carbocycles. The van der Waals surface area contributed by atoms with Gasteiger partial charge in [-0.2, -0.15) is 0 Å². The van der Waals surface area contributed by atoms with Crippen LogP contribution in [0.25, 0.3) is 0 Å². The van der Waals surface area contributed by atoms with Crippen molar-refractivity contribution < 1.29 is 4.79 Å². The minimum atomic E-state index is 0.0382. The number of carbonyl (C=O) groups is 1. The third-order valence-corrected chi connectivity index (χ3v) is 3.07. The van der Waals surface area contributed by atoms with Crippen molar-refractivity contribution in [3.8, 4) is 0 Å². The van der Waals surface area contributed by atoms with Crippen molar-refractivity contribution in [2.75, 3.05) is 12.8 Å². The summed E-state index contributed by atoms with van der Waals surface area (Å²) >= 11 is 1.52. The molecule has 0 radical (unpaired) electrons. The quantitative estimate of drug-likeness (QED) is 0.763. The Morgan fingerprint density at radius 3 is 2.53 bits per heavy atom. The van der Waals surface area contributed by atoms with Crippen LogP contribution in [0.2, 0.25) is 0 Å². The van der Waals surface area contributed by atoms with Crippen molar-refractivity contribution in [3.05, 3.63) is 29.8 Å². The maximum absolute atomic E-state index is 11.0. The van der Waals surface area contributed by atoms with Gasteiger partial charge in [0, 0.05) is 18.0 Å². The van der Waals surface area contributed by atoms with Crippen LogP contribution in [0.1, 0.15) is 18.5 Å². The van der Waals surface area contributed by atoms with Gasteiger partial charge < -0.3 is 11.1 Å². The van der Waals surface area contributed by atoms with Crippen LogP contribution < -0.4 is 11.1 Å². The third kappa shape index (κ3) is 3.93. The first-order chi connectivity index (χ1) is 7.13. The summed E-state index contributed by atoms with van der Waals surface area (Å²) in [5.41, 5.74) is 6.85. The molecule has 1 atom stereocenters. The molecular formula is C11H16N2OS. The van der Waals surface area contributed by atoms with Gasteiger partial charge in [0.05, 0.1) is 5.75 Å². The Labute approximate surface area is 94.4 Å². The zero-order valence-electron chi connectivity index (χ0n) is 8.99. The number of benzene rings is 1. The Bertz CT molecular complexity index is 322. The van der Waals surface area contributed by atoms with Gasteiger partial charge in [0.2, 0.25) is 5.91 Å². The highest BCUT2D eigenvalue weighted by Gasteiger charge is 2.01. The lowest BCUT2D eigenvalue weighted by molar-refractivity contribution is -0.118. The van der Waals surface area contributed by atoms with E-state index < -0.39 is 0 Å². The highest BCUT2D eigenvalue weighted by atomic mass is 32.2. The zero-order chi connectivity index (χ0) is 11.3. The molecule has 0 aliphatic rings. The Morgan fingerprint density at radius 1 is 1.47 bits per heavy atom. The molecule has 0 aliphatic heterocycles. The maximum Gasteiger partial charge on any atom is 0.230 e. The Hall–Kier alpha value is -1.00. The van der Waals surface area contributed by atoms with Crippen LogP contribution in [0.3, 0.4) is 0 Å². The fourth-order valence-corrected chi connectivity index (χ4v) is 1.86. The summed E-state index contributed by atoms with van der Waals surface area (Å²) in [4.78, 5) is 12.1. The predicted octanol–water partition coefficient (Wildman–Crippen LogP) is 1.54. The topological polar surface area (TPSA) is 55.1 Å². The lowest BCUT2D eigenvalue weighted by Crippen LogP contribution is -2.19. The van der Waals surface area contributed by atoms with E-state index in [1.54, 1.807) is 7.05 Å². The number of amides is 1. The molecule has 0 aromatic heterocycles. The van der Waals surface area contributed by atoms with Crippen LogP contribution in [-0.4, -0.2) is 18.7 Å². The number of thioether (sulfide) groups is 1. The SMILES string of the molecule is CNC(=O)CSc1ccc(C(C)N)cc1. The smallest absolute Gasteiger partial charge is 0.230 e. The number of nitrogens with one attached hydrogen (secondary N) is 1. The van der Waals surface area contributed by atoms with E-state index >= 15 is 0 Å². The van der Waals surface area contributed by atoms with Crippen molar-refractivity contribution >= 4 is 17.7 Å². The lowest BCUT2D eigenvalue weighted by Gasteiger charge is -2.06. The average Bonchev–Trinajstić information content (AvgIpc) is 2.26. The van der Waals surface area contributed by atoms with Crippen molar-refractivity contribution in [2.24, 2.45) is 5.73 Å². The molecule has 0 aliphatic carbocycles. The summed E-state index contributed by atoms with van der Waals surface area (Å²) < 4.78 is 0. The van der Waals surface area contributed by atoms with E-state index in [1.807, 2.05) is 31.2 Å². The van der Waals surface area contributed by atoms with Gasteiger partial charge in [-0.3, -0.25) is 4.79 Å². The van der Waals surface area contributed by atoms with Crippen LogP contribution in [0.4, 0.5) is 0 Å². The molecule has 3 nitrogen and oxygen atoms in total. The normalized spacial score (nSPS) is 12.2. The fourth-order valence-electron chi connectivity index (χ4n) is 1.09. The molecule has 1 rings (SSSR count).